The van der Waals surface area contributed by atoms with Gasteiger partial charge in [0.15, 0.2) is 0 Å². The zero-order valence-corrected chi connectivity index (χ0v) is 14.8. The van der Waals surface area contributed by atoms with E-state index < -0.39 is 0 Å². The Hall–Kier alpha value is -2.33. The third kappa shape index (κ3) is 5.39. The Bertz CT molecular complexity index is 668. The highest BCUT2D eigenvalue weighted by atomic mass is 16.5. The Morgan fingerprint density at radius 1 is 1.00 bits per heavy atom. The van der Waals surface area contributed by atoms with E-state index in [2.05, 4.69) is 31.5 Å². The van der Waals surface area contributed by atoms with Gasteiger partial charge in [0.05, 0.1) is 21.2 Å². The highest BCUT2D eigenvalue weighted by Gasteiger charge is 2.09. The maximum atomic E-state index is 12.2. The van der Waals surface area contributed by atoms with Crippen LogP contribution in [0.3, 0.4) is 0 Å². The summed E-state index contributed by atoms with van der Waals surface area (Å²) in [5, 5.41) is 3.03. The average molecular weight is 327 g/mol. The predicted molar refractivity (Wildman–Crippen MR) is 96.1 cm³/mol. The highest BCUT2D eigenvalue weighted by molar-refractivity contribution is 5.76. The van der Waals surface area contributed by atoms with Crippen molar-refractivity contribution in [1.82, 2.24) is 5.32 Å². The van der Waals surface area contributed by atoms with Gasteiger partial charge in [0.2, 0.25) is 5.91 Å². The molecule has 0 aromatic heterocycles. The minimum absolute atomic E-state index is 0.0629. The first-order valence-electron chi connectivity index (χ1n) is 8.34. The summed E-state index contributed by atoms with van der Waals surface area (Å²) in [6.45, 7) is 1.53. The maximum Gasteiger partial charge on any atom is 0.220 e. The van der Waals surface area contributed by atoms with Crippen LogP contribution in [0, 0.1) is 0 Å². The first-order valence-corrected chi connectivity index (χ1v) is 8.34. The zero-order chi connectivity index (χ0) is 17.4. The molecule has 0 aliphatic heterocycles. The summed E-state index contributed by atoms with van der Waals surface area (Å²) >= 11 is 0. The molecule has 0 fully saturated rings. The number of carbonyl (C=O) groups excluding carboxylic acids is 1. The van der Waals surface area contributed by atoms with Crippen LogP contribution in [0.15, 0.2) is 48.5 Å². The van der Waals surface area contributed by atoms with Gasteiger partial charge in [-0.2, -0.15) is 0 Å². The number of carbonyl (C=O) groups is 1. The largest absolute Gasteiger partial charge is 0.496 e. The minimum Gasteiger partial charge on any atom is -0.496 e. The van der Waals surface area contributed by atoms with E-state index in [1.54, 1.807) is 7.11 Å². The van der Waals surface area contributed by atoms with Crippen LogP contribution in [0.25, 0.3) is 0 Å². The molecule has 2 aromatic rings. The summed E-state index contributed by atoms with van der Waals surface area (Å²) < 4.78 is 5.33. The second kappa shape index (κ2) is 9.08. The minimum atomic E-state index is 0.0629. The number of para-hydroxylation sites is 1. The molecular formula is C20H27N2O2+. The Kier molecular flexibility index (Phi) is 6.82. The van der Waals surface area contributed by atoms with Gasteiger partial charge in [-0.05, 0) is 23.6 Å². The van der Waals surface area contributed by atoms with E-state index in [0.29, 0.717) is 19.4 Å². The van der Waals surface area contributed by atoms with Gasteiger partial charge in [-0.25, -0.2) is 0 Å². The predicted octanol–water partition coefficient (Wildman–Crippen LogP) is 1.59. The molecule has 0 heterocycles. The van der Waals surface area contributed by atoms with E-state index >= 15 is 0 Å². The van der Waals surface area contributed by atoms with E-state index in [1.165, 1.54) is 16.0 Å². The normalized spacial score (nSPS) is 10.7. The molecule has 0 spiro atoms. The smallest absolute Gasteiger partial charge is 0.220 e. The van der Waals surface area contributed by atoms with E-state index in [4.69, 9.17) is 4.74 Å². The molecule has 24 heavy (non-hydrogen) atoms. The number of hydrogen-bond donors (Lipinski definition) is 2. The molecule has 2 N–H and O–H groups in total. The Morgan fingerprint density at radius 2 is 1.62 bits per heavy atom. The van der Waals surface area contributed by atoms with Crippen LogP contribution < -0.4 is 15.0 Å². The van der Waals surface area contributed by atoms with Crippen molar-refractivity contribution in [2.75, 3.05) is 21.2 Å². The van der Waals surface area contributed by atoms with Gasteiger partial charge in [-0.3, -0.25) is 4.79 Å². The maximum absolute atomic E-state index is 12.2. The molecule has 2 rings (SSSR count). The van der Waals surface area contributed by atoms with Crippen molar-refractivity contribution in [2.24, 2.45) is 0 Å². The van der Waals surface area contributed by atoms with Crippen LogP contribution >= 0.6 is 0 Å². The van der Waals surface area contributed by atoms with Crippen LogP contribution in [0.4, 0.5) is 0 Å². The van der Waals surface area contributed by atoms with Gasteiger partial charge in [0, 0.05) is 18.5 Å². The summed E-state index contributed by atoms with van der Waals surface area (Å²) in [7, 11) is 5.91. The van der Waals surface area contributed by atoms with Crippen molar-refractivity contribution < 1.29 is 14.4 Å². The molecule has 0 unspecified atom stereocenters. The van der Waals surface area contributed by atoms with E-state index in [9.17, 15) is 4.79 Å². The van der Waals surface area contributed by atoms with Crippen molar-refractivity contribution in [1.29, 1.82) is 0 Å². The third-order valence-electron chi connectivity index (χ3n) is 3.95. The van der Waals surface area contributed by atoms with Crippen LogP contribution in [-0.2, 0) is 24.3 Å². The molecular weight excluding hydrogens is 300 g/mol. The average Bonchev–Trinajstić information content (AvgIpc) is 2.59. The Labute approximate surface area is 144 Å². The Balaban J connectivity index is 1.87. The van der Waals surface area contributed by atoms with E-state index in [-0.39, 0.29) is 5.91 Å². The number of rotatable bonds is 8. The summed E-state index contributed by atoms with van der Waals surface area (Å²) in [6.07, 6.45) is 1.14. The number of ether oxygens (including phenoxy) is 1. The standard InChI is InChI=1S/C20H26N2O2/c1-22(2)15-18-10-5-4-9-17(18)14-21-20(23)13-12-16-8-6-7-11-19(16)24-3/h4-11H,12-15H2,1-3H3,(H,21,23)/p+1. The van der Waals surface area contributed by atoms with Crippen LogP contribution in [0.1, 0.15) is 23.1 Å². The number of benzene rings is 2. The van der Waals surface area contributed by atoms with Crippen molar-refractivity contribution in [2.45, 2.75) is 25.9 Å². The molecule has 0 atom stereocenters. The second-order valence-corrected chi connectivity index (χ2v) is 6.24. The molecule has 2 aromatic carbocycles. The zero-order valence-electron chi connectivity index (χ0n) is 14.8. The van der Waals surface area contributed by atoms with Gasteiger partial charge < -0.3 is 15.0 Å². The molecule has 4 nitrogen and oxygen atoms in total. The SMILES string of the molecule is COc1ccccc1CCC(=O)NCc1ccccc1C[NH+](C)C. The van der Waals surface area contributed by atoms with Crippen molar-refractivity contribution in [3.05, 3.63) is 65.2 Å². The fraction of sp³-hybridized carbons (Fsp3) is 0.350. The van der Waals surface area contributed by atoms with Gasteiger partial charge >= 0.3 is 0 Å². The molecule has 0 saturated heterocycles. The lowest BCUT2D eigenvalue weighted by atomic mass is 10.1. The summed E-state index contributed by atoms with van der Waals surface area (Å²) in [6, 6.07) is 16.1. The first kappa shape index (κ1) is 18.0. The fourth-order valence-corrected chi connectivity index (χ4v) is 2.72. The number of methoxy groups -OCH3 is 1. The number of aryl methyl sites for hydroxylation is 1. The summed E-state index contributed by atoms with van der Waals surface area (Å²) in [5.41, 5.74) is 3.53. The molecule has 0 aliphatic rings. The van der Waals surface area contributed by atoms with E-state index in [0.717, 1.165) is 17.9 Å². The molecule has 0 aliphatic carbocycles. The lowest BCUT2D eigenvalue weighted by Crippen LogP contribution is -3.04. The number of hydrogen-bond acceptors (Lipinski definition) is 2. The van der Waals surface area contributed by atoms with Crippen molar-refractivity contribution in [3.8, 4) is 5.75 Å². The van der Waals surface area contributed by atoms with Gasteiger partial charge in [0.25, 0.3) is 0 Å². The molecule has 0 saturated carbocycles. The van der Waals surface area contributed by atoms with Crippen molar-refractivity contribution in [3.63, 3.8) is 0 Å². The first-order chi connectivity index (χ1) is 11.6. The topological polar surface area (TPSA) is 42.8 Å². The number of quaternary nitrogens is 1. The van der Waals surface area contributed by atoms with Crippen molar-refractivity contribution >= 4 is 5.91 Å². The molecule has 4 heteroatoms. The number of amides is 1. The van der Waals surface area contributed by atoms with Gasteiger partial charge in [-0.1, -0.05) is 42.5 Å². The molecule has 0 bridgehead atoms. The highest BCUT2D eigenvalue weighted by Crippen LogP contribution is 2.18. The van der Waals surface area contributed by atoms with Gasteiger partial charge in [-0.15, -0.1) is 0 Å². The second-order valence-electron chi connectivity index (χ2n) is 6.24. The fourth-order valence-electron chi connectivity index (χ4n) is 2.72. The van der Waals surface area contributed by atoms with Gasteiger partial charge in [0.1, 0.15) is 12.3 Å². The summed E-state index contributed by atoms with van der Waals surface area (Å²) in [5.74, 6) is 0.900. The van der Waals surface area contributed by atoms with E-state index in [1.807, 2.05) is 36.4 Å². The quantitative estimate of drug-likeness (QED) is 0.773. The molecule has 0 radical (unpaired) electrons. The van der Waals surface area contributed by atoms with Crippen LogP contribution in [0.2, 0.25) is 0 Å². The molecule has 128 valence electrons. The number of nitrogens with one attached hydrogen (secondary N) is 2. The lowest BCUT2D eigenvalue weighted by Gasteiger charge is -2.13. The lowest BCUT2D eigenvalue weighted by molar-refractivity contribution is -0.872. The third-order valence-corrected chi connectivity index (χ3v) is 3.95. The summed E-state index contributed by atoms with van der Waals surface area (Å²) in [4.78, 5) is 13.5. The van der Waals surface area contributed by atoms with Crippen LogP contribution in [-0.4, -0.2) is 27.1 Å². The molecule has 1 amide bonds. The van der Waals surface area contributed by atoms with Crippen LogP contribution in [0.5, 0.6) is 5.75 Å². The Morgan fingerprint density at radius 3 is 2.29 bits per heavy atom. The monoisotopic (exact) mass is 327 g/mol.